The van der Waals surface area contributed by atoms with E-state index in [1.54, 1.807) is 13.8 Å². The Balaban J connectivity index is 2.30. The minimum atomic E-state index is -4.59. The lowest BCUT2D eigenvalue weighted by Gasteiger charge is -2.07. The molecule has 0 bridgehead atoms. The van der Waals surface area contributed by atoms with E-state index >= 15 is 0 Å². The van der Waals surface area contributed by atoms with Crippen LogP contribution in [0, 0.1) is 0 Å². The van der Waals surface area contributed by atoms with Gasteiger partial charge >= 0.3 is 6.18 Å². The molecule has 22 heavy (non-hydrogen) atoms. The maximum Gasteiger partial charge on any atom is 0.435 e. The highest BCUT2D eigenvalue weighted by Gasteiger charge is 2.38. The zero-order valence-electron chi connectivity index (χ0n) is 11.7. The highest BCUT2D eigenvalue weighted by Crippen LogP contribution is 2.37. The monoisotopic (exact) mass is 311 g/mol. The Labute approximate surface area is 122 Å². The van der Waals surface area contributed by atoms with E-state index in [9.17, 15) is 13.2 Å². The minimum absolute atomic E-state index is 0.0913. The number of halogens is 3. The van der Waals surface area contributed by atoms with Crippen molar-refractivity contribution >= 4 is 11.6 Å². The predicted octanol–water partition coefficient (Wildman–Crippen LogP) is 2.17. The van der Waals surface area contributed by atoms with Gasteiger partial charge in [-0.15, -0.1) is 10.2 Å². The lowest BCUT2D eigenvalue weighted by atomic mass is 10.1. The highest BCUT2D eigenvalue weighted by atomic mass is 19.4. The smallest absolute Gasteiger partial charge is 0.369 e. The molecule has 0 amide bonds. The Morgan fingerprint density at radius 2 is 1.95 bits per heavy atom. The summed E-state index contributed by atoms with van der Waals surface area (Å²) in [6.45, 7) is 3.48. The molecule has 3 aromatic rings. The predicted molar refractivity (Wildman–Crippen MR) is 71.8 cm³/mol. The third-order valence-electron chi connectivity index (χ3n) is 3.18. The van der Waals surface area contributed by atoms with Crippen molar-refractivity contribution in [3.8, 4) is 11.1 Å². The van der Waals surface area contributed by atoms with Crippen LogP contribution in [0.4, 0.5) is 19.1 Å². The molecular formula is C12H12F3N7. The number of nitrogen functional groups attached to an aromatic ring is 1. The highest BCUT2D eigenvalue weighted by molar-refractivity contribution is 5.78. The van der Waals surface area contributed by atoms with E-state index < -0.39 is 11.9 Å². The van der Waals surface area contributed by atoms with Crippen molar-refractivity contribution in [1.29, 1.82) is 0 Å². The third kappa shape index (κ3) is 2.16. The number of aromatic nitrogens is 6. The molecule has 116 valence electrons. The van der Waals surface area contributed by atoms with Crippen LogP contribution in [0.3, 0.4) is 0 Å². The number of nitrogens with two attached hydrogens (primary N) is 1. The Morgan fingerprint density at radius 1 is 1.23 bits per heavy atom. The molecule has 7 nitrogen and oxygen atoms in total. The van der Waals surface area contributed by atoms with Crippen LogP contribution in [0.2, 0.25) is 0 Å². The van der Waals surface area contributed by atoms with Crippen molar-refractivity contribution in [2.75, 3.05) is 5.73 Å². The molecule has 0 radical (unpaired) electrons. The normalized spacial score (nSPS) is 12.5. The number of anilines is 1. The number of nitrogens with zero attached hydrogens (tertiary/aromatic N) is 6. The van der Waals surface area contributed by atoms with Gasteiger partial charge in [0, 0.05) is 29.6 Å². The zero-order valence-corrected chi connectivity index (χ0v) is 11.7. The van der Waals surface area contributed by atoms with Crippen molar-refractivity contribution in [3.05, 3.63) is 24.4 Å². The summed E-state index contributed by atoms with van der Waals surface area (Å²) >= 11 is 0. The van der Waals surface area contributed by atoms with Crippen LogP contribution in [-0.4, -0.2) is 29.4 Å². The average molecular weight is 311 g/mol. The second-order valence-corrected chi connectivity index (χ2v) is 5.02. The molecule has 0 unspecified atom stereocenters. The van der Waals surface area contributed by atoms with E-state index in [2.05, 4.69) is 20.3 Å². The Bertz CT molecular complexity index is 831. The van der Waals surface area contributed by atoms with Crippen LogP contribution < -0.4 is 5.73 Å². The molecule has 0 aliphatic carbocycles. The Hall–Kier alpha value is -2.65. The first-order valence-corrected chi connectivity index (χ1v) is 6.40. The van der Waals surface area contributed by atoms with Gasteiger partial charge in [-0.1, -0.05) is 0 Å². The maximum absolute atomic E-state index is 13.3. The topological polar surface area (TPSA) is 86.9 Å². The summed E-state index contributed by atoms with van der Waals surface area (Å²) in [5.74, 6) is 0.0913. The summed E-state index contributed by atoms with van der Waals surface area (Å²) in [5, 5.41) is 11.1. The first-order valence-electron chi connectivity index (χ1n) is 6.40. The Kier molecular flexibility index (Phi) is 3.04. The lowest BCUT2D eigenvalue weighted by molar-refractivity contribution is -0.141. The molecule has 3 aromatic heterocycles. The molecule has 2 N–H and O–H groups in total. The van der Waals surface area contributed by atoms with Gasteiger partial charge in [0.25, 0.3) is 0 Å². The fraction of sp³-hybridized carbons (Fsp3) is 0.333. The second kappa shape index (κ2) is 4.68. The first kappa shape index (κ1) is 14.3. The third-order valence-corrected chi connectivity index (χ3v) is 3.18. The van der Waals surface area contributed by atoms with Gasteiger partial charge < -0.3 is 5.73 Å². The van der Waals surface area contributed by atoms with Crippen molar-refractivity contribution < 1.29 is 13.2 Å². The van der Waals surface area contributed by atoms with Crippen molar-refractivity contribution in [2.24, 2.45) is 0 Å². The van der Waals surface area contributed by atoms with E-state index in [0.717, 1.165) is 0 Å². The fourth-order valence-corrected chi connectivity index (χ4v) is 2.09. The second-order valence-electron chi connectivity index (χ2n) is 5.02. The van der Waals surface area contributed by atoms with E-state index in [-0.39, 0.29) is 28.8 Å². The summed E-state index contributed by atoms with van der Waals surface area (Å²) in [6, 6.07) is -0.217. The van der Waals surface area contributed by atoms with E-state index in [1.165, 1.54) is 27.8 Å². The van der Waals surface area contributed by atoms with Gasteiger partial charge in [0.05, 0.1) is 0 Å². The molecule has 3 rings (SSSR count). The molecule has 3 heterocycles. The van der Waals surface area contributed by atoms with Crippen molar-refractivity contribution in [1.82, 2.24) is 29.4 Å². The van der Waals surface area contributed by atoms with Gasteiger partial charge in [-0.2, -0.15) is 18.3 Å². The van der Waals surface area contributed by atoms with Gasteiger partial charge in [-0.25, -0.2) is 4.98 Å². The van der Waals surface area contributed by atoms with Gasteiger partial charge in [0.15, 0.2) is 11.3 Å². The van der Waals surface area contributed by atoms with Gasteiger partial charge in [0.2, 0.25) is 5.95 Å². The minimum Gasteiger partial charge on any atom is -0.369 e. The van der Waals surface area contributed by atoms with Gasteiger partial charge in [-0.05, 0) is 13.8 Å². The van der Waals surface area contributed by atoms with Gasteiger partial charge in [-0.3, -0.25) is 9.08 Å². The molecule has 0 spiro atoms. The fourth-order valence-electron chi connectivity index (χ4n) is 2.09. The number of hydrogen-bond donors (Lipinski definition) is 1. The quantitative estimate of drug-likeness (QED) is 0.783. The molecule has 0 saturated heterocycles. The van der Waals surface area contributed by atoms with Crippen LogP contribution in [0.1, 0.15) is 25.6 Å². The average Bonchev–Trinajstić information content (AvgIpc) is 3.05. The van der Waals surface area contributed by atoms with E-state index in [1.807, 2.05) is 0 Å². The van der Waals surface area contributed by atoms with Crippen LogP contribution in [0.25, 0.3) is 16.8 Å². The first-order chi connectivity index (χ1) is 10.3. The van der Waals surface area contributed by atoms with Gasteiger partial charge in [0.1, 0.15) is 6.33 Å². The largest absolute Gasteiger partial charge is 0.435 e. The summed E-state index contributed by atoms with van der Waals surface area (Å²) in [5.41, 5.74) is 4.93. The molecule has 0 saturated carbocycles. The molecule has 10 heteroatoms. The maximum atomic E-state index is 13.3. The SMILES string of the molecule is CC(C)n1cc(-c2cnc(N)n3cnnc23)c(C(F)(F)F)n1. The van der Waals surface area contributed by atoms with Crippen LogP contribution in [0.5, 0.6) is 0 Å². The molecular weight excluding hydrogens is 299 g/mol. The summed E-state index contributed by atoms with van der Waals surface area (Å²) in [6.07, 6.45) is -0.721. The van der Waals surface area contributed by atoms with E-state index in [0.29, 0.717) is 0 Å². The van der Waals surface area contributed by atoms with Crippen LogP contribution in [-0.2, 0) is 6.18 Å². The standard InChI is InChI=1S/C12H12F3N7/c1-6(2)22-4-8(9(20-22)12(13,14)15)7-3-17-11(16)21-5-18-19-10(7)21/h3-6H,1-2H3,(H2,16,17). The molecule has 0 aliphatic rings. The van der Waals surface area contributed by atoms with Crippen molar-refractivity contribution in [2.45, 2.75) is 26.1 Å². The van der Waals surface area contributed by atoms with Crippen molar-refractivity contribution in [3.63, 3.8) is 0 Å². The summed E-state index contributed by atoms with van der Waals surface area (Å²) < 4.78 is 42.3. The summed E-state index contributed by atoms with van der Waals surface area (Å²) in [7, 11) is 0. The number of rotatable bonds is 2. The zero-order chi connectivity index (χ0) is 16.1. The lowest BCUT2D eigenvalue weighted by Crippen LogP contribution is -2.10. The van der Waals surface area contributed by atoms with E-state index in [4.69, 9.17) is 5.73 Å². The molecule has 0 fully saturated rings. The number of fused-ring (bicyclic) bond motifs is 1. The van der Waals surface area contributed by atoms with Crippen LogP contribution in [0.15, 0.2) is 18.7 Å². The molecule has 0 aliphatic heterocycles. The van der Waals surface area contributed by atoms with Crippen LogP contribution >= 0.6 is 0 Å². The molecule has 0 aromatic carbocycles. The summed E-state index contributed by atoms with van der Waals surface area (Å²) in [4.78, 5) is 3.89. The molecule has 0 atom stereocenters. The number of hydrogen-bond acceptors (Lipinski definition) is 5. The number of alkyl halides is 3. The Morgan fingerprint density at radius 3 is 2.59 bits per heavy atom.